The number of hydrogen-bond donors (Lipinski definition) is 0. The third-order valence-corrected chi connectivity index (χ3v) is 9.93. The third kappa shape index (κ3) is 6.72. The largest absolute Gasteiger partial charge is 0.423 e. The molecule has 0 spiro atoms. The van der Waals surface area contributed by atoms with Gasteiger partial charge in [0.25, 0.3) is 0 Å². The number of carbonyl (C=O) groups excluding carboxylic acids is 2. The Morgan fingerprint density at radius 2 is 0.979 bits per heavy atom. The van der Waals surface area contributed by atoms with E-state index in [-0.39, 0.29) is 16.6 Å². The van der Waals surface area contributed by atoms with Gasteiger partial charge in [-0.15, -0.1) is 0 Å². The smallest absolute Gasteiger partial charge is 0.343 e. The molecule has 0 fully saturated rings. The molecule has 5 rings (SSSR count). The van der Waals surface area contributed by atoms with Crippen LogP contribution in [0.2, 0.25) is 0 Å². The second-order valence-corrected chi connectivity index (χ2v) is 14.2. The first kappa shape index (κ1) is 33.6. The fraction of sp³-hybridized carbons (Fsp3) is 0.273. The molecule has 0 atom stereocenters. The lowest BCUT2D eigenvalue weighted by Crippen LogP contribution is -2.21. The van der Waals surface area contributed by atoms with Crippen LogP contribution in [0.15, 0.2) is 97.1 Å². The Bertz CT molecular complexity index is 1990. The molecule has 240 valence electrons. The molecular weight excluding hydrogens is 576 g/mol. The fourth-order valence-corrected chi connectivity index (χ4v) is 6.70. The second-order valence-electron chi connectivity index (χ2n) is 14.2. The van der Waals surface area contributed by atoms with Crippen LogP contribution in [-0.2, 0) is 10.8 Å². The van der Waals surface area contributed by atoms with Crippen LogP contribution >= 0.6 is 0 Å². The molecule has 0 aliphatic heterocycles. The Kier molecular flexibility index (Phi) is 9.15. The van der Waals surface area contributed by atoms with Gasteiger partial charge in [0.1, 0.15) is 5.75 Å². The molecule has 47 heavy (non-hydrogen) atoms. The summed E-state index contributed by atoms with van der Waals surface area (Å²) in [5.74, 6) is -0.0155. The van der Waals surface area contributed by atoms with Crippen LogP contribution in [0.5, 0.6) is 5.75 Å². The summed E-state index contributed by atoms with van der Waals surface area (Å²) in [4.78, 5) is 26.6. The summed E-state index contributed by atoms with van der Waals surface area (Å²) in [6.07, 6.45) is 0. The summed E-state index contributed by atoms with van der Waals surface area (Å²) >= 11 is 0. The highest BCUT2D eigenvalue weighted by Gasteiger charge is 2.27. The monoisotopic (exact) mass is 622 g/mol. The molecule has 0 saturated carbocycles. The number of ketones is 1. The number of carbonyl (C=O) groups is 2. The highest BCUT2D eigenvalue weighted by Crippen LogP contribution is 2.37. The van der Waals surface area contributed by atoms with Crippen LogP contribution in [-0.4, -0.2) is 11.8 Å². The van der Waals surface area contributed by atoms with Crippen molar-refractivity contribution in [3.8, 4) is 5.75 Å². The Labute approximate surface area is 280 Å². The average molecular weight is 623 g/mol. The van der Waals surface area contributed by atoms with E-state index >= 15 is 0 Å². The van der Waals surface area contributed by atoms with E-state index in [0.717, 1.165) is 16.7 Å². The van der Waals surface area contributed by atoms with Gasteiger partial charge < -0.3 is 4.74 Å². The van der Waals surface area contributed by atoms with Gasteiger partial charge in [-0.1, -0.05) is 106 Å². The minimum Gasteiger partial charge on any atom is -0.423 e. The van der Waals surface area contributed by atoms with Crippen LogP contribution in [0.1, 0.15) is 110 Å². The van der Waals surface area contributed by atoms with Crippen molar-refractivity contribution in [2.75, 3.05) is 0 Å². The van der Waals surface area contributed by atoms with Gasteiger partial charge in [0.2, 0.25) is 0 Å². The van der Waals surface area contributed by atoms with E-state index in [9.17, 15) is 9.59 Å². The van der Waals surface area contributed by atoms with Crippen molar-refractivity contribution < 1.29 is 14.3 Å². The van der Waals surface area contributed by atoms with Crippen LogP contribution in [0.25, 0.3) is 0 Å². The summed E-state index contributed by atoms with van der Waals surface area (Å²) in [5.41, 5.74) is 13.0. The van der Waals surface area contributed by atoms with E-state index < -0.39 is 5.97 Å². The van der Waals surface area contributed by atoms with Crippen molar-refractivity contribution in [1.82, 2.24) is 0 Å². The van der Waals surface area contributed by atoms with Crippen LogP contribution < -0.4 is 4.74 Å². The van der Waals surface area contributed by atoms with E-state index in [0.29, 0.717) is 22.4 Å². The Morgan fingerprint density at radius 3 is 1.53 bits per heavy atom. The van der Waals surface area contributed by atoms with Gasteiger partial charge in [0, 0.05) is 22.0 Å². The van der Waals surface area contributed by atoms with Gasteiger partial charge in [-0.05, 0) is 116 Å². The van der Waals surface area contributed by atoms with E-state index in [2.05, 4.69) is 111 Å². The van der Waals surface area contributed by atoms with Crippen LogP contribution in [0.4, 0.5) is 0 Å². The standard InChI is InChI=1S/C44H46O3/c1-27-11-20-38(30(4)23-27)44(9,10)37-19-22-40(32(6)26-37)47-42(46)34-15-13-33(14-16-34)41(45)35-17-21-39(31(5)24-35)43(7,8)36-18-12-28(2)29(3)25-36/h11-26H,1-10H3. The second kappa shape index (κ2) is 12.8. The van der Waals surface area contributed by atoms with Gasteiger partial charge in [-0.2, -0.15) is 0 Å². The van der Waals surface area contributed by atoms with Gasteiger partial charge in [0.05, 0.1) is 5.56 Å². The zero-order valence-electron chi connectivity index (χ0n) is 29.5. The number of hydrogen-bond acceptors (Lipinski definition) is 3. The summed E-state index contributed by atoms with van der Waals surface area (Å²) < 4.78 is 5.82. The number of benzene rings is 5. The van der Waals surface area contributed by atoms with Crippen LogP contribution in [0.3, 0.4) is 0 Å². The summed E-state index contributed by atoms with van der Waals surface area (Å²) in [6.45, 7) is 21.4. The number of esters is 1. The van der Waals surface area contributed by atoms with Crippen molar-refractivity contribution in [2.45, 2.75) is 80.1 Å². The van der Waals surface area contributed by atoms with Gasteiger partial charge >= 0.3 is 5.97 Å². The van der Waals surface area contributed by atoms with E-state index in [1.54, 1.807) is 24.3 Å². The summed E-state index contributed by atoms with van der Waals surface area (Å²) in [6, 6.07) is 31.8. The molecular formula is C44H46O3. The van der Waals surface area contributed by atoms with Crippen molar-refractivity contribution in [3.05, 3.63) is 169 Å². The number of aryl methyl sites for hydroxylation is 6. The zero-order chi connectivity index (χ0) is 34.3. The van der Waals surface area contributed by atoms with Gasteiger partial charge in [-0.3, -0.25) is 4.79 Å². The fourth-order valence-electron chi connectivity index (χ4n) is 6.70. The number of ether oxygens (including phenoxy) is 1. The Hall–Kier alpha value is -4.76. The molecule has 0 heterocycles. The predicted molar refractivity (Wildman–Crippen MR) is 193 cm³/mol. The maximum absolute atomic E-state index is 13.5. The topological polar surface area (TPSA) is 43.4 Å². The number of rotatable bonds is 8. The lowest BCUT2D eigenvalue weighted by molar-refractivity contribution is 0.0733. The van der Waals surface area contributed by atoms with E-state index in [1.807, 2.05) is 31.2 Å². The first-order valence-electron chi connectivity index (χ1n) is 16.3. The molecule has 3 heteroatoms. The average Bonchev–Trinajstić information content (AvgIpc) is 3.02. The van der Waals surface area contributed by atoms with Gasteiger partial charge in [0.15, 0.2) is 5.78 Å². The molecule has 0 bridgehead atoms. The van der Waals surface area contributed by atoms with Crippen molar-refractivity contribution in [1.29, 1.82) is 0 Å². The highest BCUT2D eigenvalue weighted by molar-refractivity contribution is 6.09. The SMILES string of the molecule is Cc1ccc(C(C)(C)c2ccc(OC(=O)c3ccc(C(=O)c4ccc(C(C)(C)c5ccc(C)c(C)c5)c(C)c4)cc3)c(C)c2)c(C)c1. The Morgan fingerprint density at radius 1 is 0.468 bits per heavy atom. The molecule has 0 aliphatic carbocycles. The molecule has 5 aromatic rings. The van der Waals surface area contributed by atoms with Crippen LogP contribution in [0, 0.1) is 41.5 Å². The van der Waals surface area contributed by atoms with Crippen molar-refractivity contribution in [3.63, 3.8) is 0 Å². The molecule has 0 aliphatic rings. The normalized spacial score (nSPS) is 11.8. The van der Waals surface area contributed by atoms with E-state index in [1.165, 1.54) is 38.9 Å². The lowest BCUT2D eigenvalue weighted by atomic mass is 9.75. The summed E-state index contributed by atoms with van der Waals surface area (Å²) in [7, 11) is 0. The molecule has 0 radical (unpaired) electrons. The van der Waals surface area contributed by atoms with Gasteiger partial charge in [-0.25, -0.2) is 4.79 Å². The molecule has 3 nitrogen and oxygen atoms in total. The minimum atomic E-state index is -0.456. The lowest BCUT2D eigenvalue weighted by Gasteiger charge is -2.29. The minimum absolute atomic E-state index is 0.0820. The van der Waals surface area contributed by atoms with Crippen molar-refractivity contribution in [2.24, 2.45) is 0 Å². The van der Waals surface area contributed by atoms with E-state index in [4.69, 9.17) is 4.74 Å². The Balaban J connectivity index is 1.29. The quantitative estimate of drug-likeness (QED) is 0.0982. The predicted octanol–water partition coefficient (Wildman–Crippen LogP) is 10.6. The molecule has 0 aromatic heterocycles. The molecule has 0 amide bonds. The summed E-state index contributed by atoms with van der Waals surface area (Å²) in [5, 5.41) is 0. The molecule has 0 N–H and O–H groups in total. The zero-order valence-corrected chi connectivity index (χ0v) is 29.5. The molecule has 5 aromatic carbocycles. The first-order valence-corrected chi connectivity index (χ1v) is 16.3. The maximum Gasteiger partial charge on any atom is 0.343 e. The molecule has 0 saturated heterocycles. The maximum atomic E-state index is 13.5. The first-order chi connectivity index (χ1) is 22.1. The highest BCUT2D eigenvalue weighted by atomic mass is 16.5. The molecule has 0 unspecified atom stereocenters. The van der Waals surface area contributed by atoms with Crippen molar-refractivity contribution >= 4 is 11.8 Å². The third-order valence-electron chi connectivity index (χ3n) is 9.93.